The van der Waals surface area contributed by atoms with Crippen LogP contribution in [0.3, 0.4) is 0 Å². The Kier molecular flexibility index (Phi) is 7.38. The van der Waals surface area contributed by atoms with Crippen molar-refractivity contribution >= 4 is 39.6 Å². The van der Waals surface area contributed by atoms with Gasteiger partial charge in [0.25, 0.3) is 0 Å². The van der Waals surface area contributed by atoms with Crippen LogP contribution in [0.25, 0.3) is 0 Å². The Labute approximate surface area is 142 Å². The van der Waals surface area contributed by atoms with Crippen LogP contribution in [-0.2, 0) is 14.3 Å². The third kappa shape index (κ3) is 5.98. The molecule has 0 aliphatic carbocycles. The minimum atomic E-state index is -1.06. The van der Waals surface area contributed by atoms with Gasteiger partial charge in [0, 0.05) is 29.5 Å². The molecule has 0 saturated heterocycles. The van der Waals surface area contributed by atoms with E-state index < -0.39 is 16.8 Å². The SMILES string of the molecule is COCCC(NC(=O)C(C)(C)Sc1ccc(Br)cc1)C(=O)O. The molecule has 0 fully saturated rings. The summed E-state index contributed by atoms with van der Waals surface area (Å²) in [4.78, 5) is 24.5. The summed E-state index contributed by atoms with van der Waals surface area (Å²) in [5, 5.41) is 11.7. The molecule has 5 nitrogen and oxygen atoms in total. The summed E-state index contributed by atoms with van der Waals surface area (Å²) in [7, 11) is 1.49. The summed E-state index contributed by atoms with van der Waals surface area (Å²) in [6, 6.07) is 6.66. The third-order valence-corrected chi connectivity index (χ3v) is 4.68. The van der Waals surface area contributed by atoms with Gasteiger partial charge >= 0.3 is 5.97 Å². The molecular formula is C15H20BrNO4S. The molecule has 7 heteroatoms. The maximum absolute atomic E-state index is 12.4. The van der Waals surface area contributed by atoms with Crippen molar-refractivity contribution in [1.29, 1.82) is 0 Å². The maximum atomic E-state index is 12.4. The molecule has 1 amide bonds. The number of nitrogens with one attached hydrogen (secondary N) is 1. The number of ether oxygens (including phenoxy) is 1. The highest BCUT2D eigenvalue weighted by Crippen LogP contribution is 2.33. The predicted octanol–water partition coefficient (Wildman–Crippen LogP) is 2.93. The average molecular weight is 390 g/mol. The van der Waals surface area contributed by atoms with Gasteiger partial charge in [-0.3, -0.25) is 4.79 Å². The summed E-state index contributed by atoms with van der Waals surface area (Å²) in [5.41, 5.74) is 0. The molecule has 0 spiro atoms. The van der Waals surface area contributed by atoms with E-state index in [2.05, 4.69) is 21.2 Å². The van der Waals surface area contributed by atoms with Crippen molar-refractivity contribution in [2.24, 2.45) is 0 Å². The van der Waals surface area contributed by atoms with Crippen LogP contribution in [-0.4, -0.2) is 41.5 Å². The highest BCUT2D eigenvalue weighted by atomic mass is 79.9. The molecule has 0 aromatic heterocycles. The maximum Gasteiger partial charge on any atom is 0.326 e. The number of methoxy groups -OCH3 is 1. The number of carboxylic acid groups (broad SMARTS) is 1. The molecule has 0 bridgehead atoms. The molecular weight excluding hydrogens is 370 g/mol. The van der Waals surface area contributed by atoms with E-state index in [1.807, 2.05) is 24.3 Å². The van der Waals surface area contributed by atoms with Crippen LogP contribution in [0.1, 0.15) is 20.3 Å². The second kappa shape index (κ2) is 8.55. The van der Waals surface area contributed by atoms with Gasteiger partial charge < -0.3 is 15.2 Å². The fraction of sp³-hybridized carbons (Fsp3) is 0.467. The van der Waals surface area contributed by atoms with Gasteiger partial charge in [-0.05, 0) is 38.1 Å². The predicted molar refractivity (Wildman–Crippen MR) is 90.1 cm³/mol. The Morgan fingerprint density at radius 3 is 2.45 bits per heavy atom. The van der Waals surface area contributed by atoms with E-state index in [-0.39, 0.29) is 18.9 Å². The first kappa shape index (κ1) is 19.0. The van der Waals surface area contributed by atoms with Crippen molar-refractivity contribution < 1.29 is 19.4 Å². The lowest BCUT2D eigenvalue weighted by Crippen LogP contribution is -2.48. The number of hydrogen-bond donors (Lipinski definition) is 2. The van der Waals surface area contributed by atoms with Crippen molar-refractivity contribution in [2.75, 3.05) is 13.7 Å². The smallest absolute Gasteiger partial charge is 0.326 e. The third-order valence-electron chi connectivity index (χ3n) is 2.95. The fourth-order valence-corrected chi connectivity index (χ4v) is 2.95. The quantitative estimate of drug-likeness (QED) is 0.668. The second-order valence-electron chi connectivity index (χ2n) is 5.21. The summed E-state index contributed by atoms with van der Waals surface area (Å²) in [6.07, 6.45) is 0.233. The van der Waals surface area contributed by atoms with Gasteiger partial charge in [-0.25, -0.2) is 4.79 Å². The molecule has 1 atom stereocenters. The summed E-state index contributed by atoms with van der Waals surface area (Å²) in [5.74, 6) is -1.38. The molecule has 2 N–H and O–H groups in total. The van der Waals surface area contributed by atoms with Crippen LogP contribution < -0.4 is 5.32 Å². The molecule has 0 aliphatic heterocycles. The molecule has 0 heterocycles. The van der Waals surface area contributed by atoms with Gasteiger partial charge in [0.1, 0.15) is 6.04 Å². The number of rotatable bonds is 8. The van der Waals surface area contributed by atoms with E-state index >= 15 is 0 Å². The van der Waals surface area contributed by atoms with Crippen LogP contribution in [0.5, 0.6) is 0 Å². The van der Waals surface area contributed by atoms with Gasteiger partial charge in [0.2, 0.25) is 5.91 Å². The van der Waals surface area contributed by atoms with E-state index in [9.17, 15) is 9.59 Å². The molecule has 1 aromatic rings. The Balaban J connectivity index is 2.71. The Bertz CT molecular complexity index is 519. The van der Waals surface area contributed by atoms with Gasteiger partial charge in [-0.15, -0.1) is 11.8 Å². The Hall–Kier alpha value is -1.05. The first-order valence-electron chi connectivity index (χ1n) is 6.73. The highest BCUT2D eigenvalue weighted by Gasteiger charge is 2.32. The van der Waals surface area contributed by atoms with Crippen molar-refractivity contribution in [3.8, 4) is 0 Å². The van der Waals surface area contributed by atoms with E-state index in [0.29, 0.717) is 0 Å². The Morgan fingerprint density at radius 1 is 1.36 bits per heavy atom. The van der Waals surface area contributed by atoms with Crippen LogP contribution in [0.4, 0.5) is 0 Å². The van der Waals surface area contributed by atoms with E-state index in [4.69, 9.17) is 9.84 Å². The monoisotopic (exact) mass is 389 g/mol. The first-order valence-corrected chi connectivity index (χ1v) is 8.34. The molecule has 0 aliphatic rings. The number of carbonyl (C=O) groups is 2. The molecule has 1 aromatic carbocycles. The largest absolute Gasteiger partial charge is 0.480 e. The number of thioether (sulfide) groups is 1. The topological polar surface area (TPSA) is 75.6 Å². The van der Waals surface area contributed by atoms with Gasteiger partial charge in [0.05, 0.1) is 4.75 Å². The van der Waals surface area contributed by atoms with E-state index in [1.165, 1.54) is 18.9 Å². The lowest BCUT2D eigenvalue weighted by Gasteiger charge is -2.25. The molecule has 122 valence electrons. The minimum Gasteiger partial charge on any atom is -0.480 e. The summed E-state index contributed by atoms with van der Waals surface area (Å²) >= 11 is 4.74. The zero-order valence-corrected chi connectivity index (χ0v) is 15.2. The zero-order valence-electron chi connectivity index (χ0n) is 12.8. The lowest BCUT2D eigenvalue weighted by atomic mass is 10.1. The van der Waals surface area contributed by atoms with Crippen molar-refractivity contribution in [1.82, 2.24) is 5.32 Å². The highest BCUT2D eigenvalue weighted by molar-refractivity contribution is 9.10. The van der Waals surface area contributed by atoms with Crippen molar-refractivity contribution in [2.45, 2.75) is 36.0 Å². The number of aliphatic carboxylic acids is 1. The second-order valence-corrected chi connectivity index (χ2v) is 7.82. The van der Waals surface area contributed by atoms with Gasteiger partial charge in [-0.2, -0.15) is 0 Å². The standard InChI is InChI=1S/C15H20BrNO4S/c1-15(2,22-11-6-4-10(16)5-7-11)14(20)17-12(13(18)19)8-9-21-3/h4-7,12H,8-9H2,1-3H3,(H,17,20)(H,18,19). The van der Waals surface area contributed by atoms with E-state index in [0.717, 1.165) is 9.37 Å². The number of hydrogen-bond acceptors (Lipinski definition) is 4. The fourth-order valence-electron chi connectivity index (χ4n) is 1.67. The first-order chi connectivity index (χ1) is 10.3. The van der Waals surface area contributed by atoms with Crippen molar-refractivity contribution in [3.63, 3.8) is 0 Å². The molecule has 0 saturated carbocycles. The van der Waals surface area contributed by atoms with Gasteiger partial charge in [0.15, 0.2) is 0 Å². The number of amides is 1. The van der Waals surface area contributed by atoms with E-state index in [1.54, 1.807) is 13.8 Å². The van der Waals surface area contributed by atoms with Crippen LogP contribution in [0.15, 0.2) is 33.6 Å². The molecule has 1 unspecified atom stereocenters. The van der Waals surface area contributed by atoms with Crippen LogP contribution in [0, 0.1) is 0 Å². The lowest BCUT2D eigenvalue weighted by molar-refractivity contribution is -0.142. The number of halogens is 1. The average Bonchev–Trinajstić information content (AvgIpc) is 2.45. The van der Waals surface area contributed by atoms with Crippen LogP contribution in [0.2, 0.25) is 0 Å². The molecule has 1 rings (SSSR count). The molecule has 22 heavy (non-hydrogen) atoms. The summed E-state index contributed by atoms with van der Waals surface area (Å²) in [6.45, 7) is 3.81. The Morgan fingerprint density at radius 2 is 1.95 bits per heavy atom. The number of carbonyl (C=O) groups excluding carboxylic acids is 1. The molecule has 0 radical (unpaired) electrons. The number of carboxylic acids is 1. The van der Waals surface area contributed by atoms with Crippen molar-refractivity contribution in [3.05, 3.63) is 28.7 Å². The summed E-state index contributed by atoms with van der Waals surface area (Å²) < 4.78 is 5.05. The normalized spacial score (nSPS) is 12.7. The van der Waals surface area contributed by atoms with Gasteiger partial charge in [-0.1, -0.05) is 15.9 Å². The minimum absolute atomic E-state index is 0.233. The number of benzene rings is 1. The zero-order chi connectivity index (χ0) is 16.8. The van der Waals surface area contributed by atoms with Crippen LogP contribution >= 0.6 is 27.7 Å².